The number of aromatic hydroxyl groups is 1. The van der Waals surface area contributed by atoms with Crippen molar-refractivity contribution in [1.82, 2.24) is 4.98 Å². The minimum absolute atomic E-state index is 0.0798. The maximum atomic E-state index is 13.1. The number of nitrogens with zero attached hydrogens (tertiary/aromatic N) is 1. The summed E-state index contributed by atoms with van der Waals surface area (Å²) >= 11 is 0. The first kappa shape index (κ1) is 21.5. The Balaban J connectivity index is 1.68. The van der Waals surface area contributed by atoms with E-state index < -0.39 is 10.0 Å². The average molecular weight is 468 g/mol. The molecule has 0 bridgehead atoms. The molecule has 4 aromatic carbocycles. The topological polar surface area (TPSA) is 94.5 Å². The fraction of sp³-hybridized carbons (Fsp3) is 0. The van der Waals surface area contributed by atoms with Gasteiger partial charge in [0.2, 0.25) is 0 Å². The van der Waals surface area contributed by atoms with Crippen LogP contribution in [0.15, 0.2) is 119 Å². The number of aromatic nitrogens is 1. The number of benzene rings is 4. The molecule has 0 saturated carbocycles. The second-order valence-electron chi connectivity index (χ2n) is 7.69. The molecule has 34 heavy (non-hydrogen) atoms. The lowest BCUT2D eigenvalue weighted by Gasteiger charge is -2.10. The van der Waals surface area contributed by atoms with Crippen molar-refractivity contribution in [3.8, 4) is 5.88 Å². The van der Waals surface area contributed by atoms with Crippen molar-refractivity contribution in [3.63, 3.8) is 0 Å². The van der Waals surface area contributed by atoms with E-state index in [2.05, 4.69) is 9.71 Å². The molecule has 0 unspecified atom stereocenters. The minimum atomic E-state index is -3.85. The fourth-order valence-electron chi connectivity index (χ4n) is 3.78. The highest BCUT2D eigenvalue weighted by atomic mass is 32.2. The minimum Gasteiger partial charge on any atom is -0.494 e. The van der Waals surface area contributed by atoms with Gasteiger partial charge >= 0.3 is 0 Å². The lowest BCUT2D eigenvalue weighted by atomic mass is 10.0. The summed E-state index contributed by atoms with van der Waals surface area (Å²) in [7, 11) is -3.85. The molecule has 0 saturated heterocycles. The summed E-state index contributed by atoms with van der Waals surface area (Å²) in [5.74, 6) is -0.0842. The molecule has 0 amide bonds. The summed E-state index contributed by atoms with van der Waals surface area (Å²) < 4.78 is 28.8. The number of hydrogen-bond acceptors (Lipinski definition) is 4. The first-order valence-electron chi connectivity index (χ1n) is 10.6. The Morgan fingerprint density at radius 2 is 1.41 bits per heavy atom. The van der Waals surface area contributed by atoms with Crippen LogP contribution in [0.2, 0.25) is 0 Å². The van der Waals surface area contributed by atoms with Crippen LogP contribution in [0.4, 0.5) is 11.4 Å². The van der Waals surface area contributed by atoms with Gasteiger partial charge in [0.25, 0.3) is 10.0 Å². The SMILES string of the molecule is O=S(=O)(Nc1ccccc1)c1ccc2[nH]c(O)c(C(=Nc3ccccc3)c3ccccc3)c2c1. The third kappa shape index (κ3) is 4.29. The molecule has 3 N–H and O–H groups in total. The molecular weight excluding hydrogens is 446 g/mol. The first-order chi connectivity index (χ1) is 16.5. The zero-order valence-corrected chi connectivity index (χ0v) is 18.8. The van der Waals surface area contributed by atoms with Gasteiger partial charge in [-0.15, -0.1) is 0 Å². The van der Waals surface area contributed by atoms with E-state index in [0.717, 1.165) is 5.56 Å². The highest BCUT2D eigenvalue weighted by molar-refractivity contribution is 7.92. The van der Waals surface area contributed by atoms with E-state index in [1.807, 2.05) is 66.7 Å². The van der Waals surface area contributed by atoms with E-state index in [4.69, 9.17) is 4.99 Å². The second-order valence-corrected chi connectivity index (χ2v) is 9.37. The number of anilines is 1. The normalized spacial score (nSPS) is 12.1. The van der Waals surface area contributed by atoms with Crippen molar-refractivity contribution in [2.75, 3.05) is 4.72 Å². The van der Waals surface area contributed by atoms with Gasteiger partial charge in [-0.1, -0.05) is 66.7 Å². The zero-order valence-electron chi connectivity index (χ0n) is 18.0. The fourth-order valence-corrected chi connectivity index (χ4v) is 4.86. The predicted molar refractivity (Wildman–Crippen MR) is 135 cm³/mol. The van der Waals surface area contributed by atoms with E-state index in [9.17, 15) is 13.5 Å². The number of H-pyrrole nitrogens is 1. The Bertz CT molecular complexity index is 1580. The van der Waals surface area contributed by atoms with Crippen LogP contribution in [0, 0.1) is 0 Å². The van der Waals surface area contributed by atoms with E-state index in [1.54, 1.807) is 36.4 Å². The van der Waals surface area contributed by atoms with Crippen molar-refractivity contribution in [1.29, 1.82) is 0 Å². The first-order valence-corrected chi connectivity index (χ1v) is 12.1. The van der Waals surface area contributed by atoms with Gasteiger partial charge in [-0.25, -0.2) is 13.4 Å². The van der Waals surface area contributed by atoms with E-state index in [0.29, 0.717) is 33.6 Å². The quantitative estimate of drug-likeness (QED) is 0.274. The van der Waals surface area contributed by atoms with Crippen molar-refractivity contribution in [2.24, 2.45) is 4.99 Å². The second kappa shape index (κ2) is 8.88. The summed E-state index contributed by atoms with van der Waals surface area (Å²) in [4.78, 5) is 7.84. The third-order valence-corrected chi connectivity index (χ3v) is 6.75. The molecule has 5 aromatic rings. The van der Waals surface area contributed by atoms with Crippen molar-refractivity contribution >= 4 is 38.0 Å². The third-order valence-electron chi connectivity index (χ3n) is 5.37. The zero-order chi connectivity index (χ0) is 23.5. The number of aromatic amines is 1. The van der Waals surface area contributed by atoms with Gasteiger partial charge in [0, 0.05) is 22.2 Å². The van der Waals surface area contributed by atoms with Gasteiger partial charge in [0.15, 0.2) is 5.88 Å². The molecule has 7 heteroatoms. The van der Waals surface area contributed by atoms with Crippen molar-refractivity contribution < 1.29 is 13.5 Å². The van der Waals surface area contributed by atoms with E-state index >= 15 is 0 Å². The van der Waals surface area contributed by atoms with Gasteiger partial charge in [0.05, 0.1) is 21.9 Å². The summed E-state index contributed by atoms with van der Waals surface area (Å²) in [6.45, 7) is 0. The molecular formula is C27H21N3O3S. The van der Waals surface area contributed by atoms with Gasteiger partial charge in [0.1, 0.15) is 0 Å². The Morgan fingerprint density at radius 3 is 2.09 bits per heavy atom. The predicted octanol–water partition coefficient (Wildman–Crippen LogP) is 5.84. The lowest BCUT2D eigenvalue weighted by molar-refractivity contribution is 0.457. The van der Waals surface area contributed by atoms with E-state index in [1.165, 1.54) is 6.07 Å². The average Bonchev–Trinajstić information content (AvgIpc) is 3.19. The van der Waals surface area contributed by atoms with Crippen LogP contribution in [0.3, 0.4) is 0 Å². The van der Waals surface area contributed by atoms with Crippen LogP contribution in [0.1, 0.15) is 11.1 Å². The molecule has 1 aromatic heterocycles. The molecule has 0 aliphatic carbocycles. The molecule has 0 aliphatic heterocycles. The van der Waals surface area contributed by atoms with Crippen LogP contribution in [-0.4, -0.2) is 24.2 Å². The Labute approximate surface area is 197 Å². The van der Waals surface area contributed by atoms with Crippen molar-refractivity contribution in [2.45, 2.75) is 4.90 Å². The number of sulfonamides is 1. The summed E-state index contributed by atoms with van der Waals surface area (Å²) in [5, 5.41) is 11.4. The molecule has 0 atom stereocenters. The number of aliphatic imine (C=N–C) groups is 1. The summed E-state index contributed by atoms with van der Waals surface area (Å²) in [5.41, 5.74) is 3.53. The molecule has 5 rings (SSSR count). The summed E-state index contributed by atoms with van der Waals surface area (Å²) in [6, 6.07) is 32.3. The van der Waals surface area contributed by atoms with Gasteiger partial charge in [-0.2, -0.15) is 0 Å². The van der Waals surface area contributed by atoms with Crippen molar-refractivity contribution in [3.05, 3.63) is 120 Å². The number of fused-ring (bicyclic) bond motifs is 1. The highest BCUT2D eigenvalue weighted by Crippen LogP contribution is 2.33. The Morgan fingerprint density at radius 1 is 0.794 bits per heavy atom. The van der Waals surface area contributed by atoms with Gasteiger partial charge in [-0.3, -0.25) is 4.72 Å². The number of hydrogen-bond donors (Lipinski definition) is 3. The molecule has 0 fully saturated rings. The molecule has 0 radical (unpaired) electrons. The monoisotopic (exact) mass is 467 g/mol. The molecule has 168 valence electrons. The number of rotatable bonds is 6. The van der Waals surface area contributed by atoms with Crippen LogP contribution >= 0.6 is 0 Å². The van der Waals surface area contributed by atoms with Gasteiger partial charge < -0.3 is 10.1 Å². The Kier molecular flexibility index (Phi) is 5.61. The Hall–Kier alpha value is -4.36. The summed E-state index contributed by atoms with van der Waals surface area (Å²) in [6.07, 6.45) is 0. The van der Waals surface area contributed by atoms with Crippen LogP contribution in [0.25, 0.3) is 10.9 Å². The van der Waals surface area contributed by atoms with Gasteiger partial charge in [-0.05, 0) is 42.5 Å². The van der Waals surface area contributed by atoms with Crippen LogP contribution in [-0.2, 0) is 10.0 Å². The maximum Gasteiger partial charge on any atom is 0.261 e. The number of nitrogens with one attached hydrogen (secondary N) is 2. The lowest BCUT2D eigenvalue weighted by Crippen LogP contribution is -2.12. The van der Waals surface area contributed by atoms with E-state index in [-0.39, 0.29) is 10.8 Å². The molecule has 1 heterocycles. The molecule has 6 nitrogen and oxygen atoms in total. The molecule has 0 aliphatic rings. The maximum absolute atomic E-state index is 13.1. The largest absolute Gasteiger partial charge is 0.494 e. The highest BCUT2D eigenvalue weighted by Gasteiger charge is 2.22. The van der Waals surface area contributed by atoms with Crippen LogP contribution < -0.4 is 4.72 Å². The smallest absolute Gasteiger partial charge is 0.261 e. The standard InChI is InChI=1S/C27H21N3O3S/c31-27-25(26(19-10-4-1-5-11-19)28-20-12-6-2-7-13-20)23-18-22(16-17-24(23)29-27)34(32,33)30-21-14-8-3-9-15-21/h1-18,29-31H. The molecule has 0 spiro atoms. The number of para-hydroxylation sites is 2. The van der Waals surface area contributed by atoms with Crippen LogP contribution in [0.5, 0.6) is 5.88 Å².